The van der Waals surface area contributed by atoms with E-state index in [0.717, 1.165) is 18.2 Å². The average molecular weight is 480 g/mol. The Kier molecular flexibility index (Phi) is 6.53. The summed E-state index contributed by atoms with van der Waals surface area (Å²) >= 11 is 0. The fraction of sp³-hybridized carbons (Fsp3) is 0.0500. The van der Waals surface area contributed by atoms with Gasteiger partial charge in [-0.2, -0.15) is 13.2 Å². The quantitative estimate of drug-likeness (QED) is 0.335. The van der Waals surface area contributed by atoms with Crippen LogP contribution < -0.4 is 15.4 Å². The number of hydrogen-bond acceptors (Lipinski definition) is 5. The Morgan fingerprint density at radius 2 is 1.36 bits per heavy atom. The molecular formula is C20H15F3N4O5S. The van der Waals surface area contributed by atoms with Gasteiger partial charge in [-0.25, -0.2) is 13.2 Å². The predicted octanol–water partition coefficient (Wildman–Crippen LogP) is 5.06. The van der Waals surface area contributed by atoms with E-state index in [9.17, 15) is 36.5 Å². The molecule has 3 aromatic carbocycles. The summed E-state index contributed by atoms with van der Waals surface area (Å²) in [6.07, 6.45) is -4.69. The van der Waals surface area contributed by atoms with Crippen molar-refractivity contribution in [1.82, 2.24) is 0 Å². The third-order valence-electron chi connectivity index (χ3n) is 4.20. The summed E-state index contributed by atoms with van der Waals surface area (Å²) < 4.78 is 65.5. The molecule has 3 N–H and O–H groups in total. The van der Waals surface area contributed by atoms with Crippen molar-refractivity contribution in [2.45, 2.75) is 11.1 Å². The van der Waals surface area contributed by atoms with Crippen molar-refractivity contribution in [3.05, 3.63) is 88.5 Å². The number of sulfonamides is 1. The van der Waals surface area contributed by atoms with Crippen LogP contribution in [0.2, 0.25) is 0 Å². The van der Waals surface area contributed by atoms with E-state index in [1.807, 2.05) is 0 Å². The van der Waals surface area contributed by atoms with Crippen LogP contribution >= 0.6 is 0 Å². The molecular weight excluding hydrogens is 465 g/mol. The van der Waals surface area contributed by atoms with Crippen molar-refractivity contribution in [3.8, 4) is 0 Å². The van der Waals surface area contributed by atoms with Crippen LogP contribution in [-0.4, -0.2) is 19.4 Å². The molecule has 0 bridgehead atoms. The van der Waals surface area contributed by atoms with Gasteiger partial charge < -0.3 is 10.6 Å². The second-order valence-electron chi connectivity index (χ2n) is 6.59. The van der Waals surface area contributed by atoms with Gasteiger partial charge in [0.25, 0.3) is 15.7 Å². The molecule has 3 aromatic rings. The summed E-state index contributed by atoms with van der Waals surface area (Å²) in [5.74, 6) is 0. The van der Waals surface area contributed by atoms with Gasteiger partial charge in [0.2, 0.25) is 0 Å². The van der Waals surface area contributed by atoms with Crippen molar-refractivity contribution in [1.29, 1.82) is 0 Å². The van der Waals surface area contributed by atoms with Crippen molar-refractivity contribution in [2.75, 3.05) is 15.4 Å². The molecule has 0 heterocycles. The first-order valence-corrected chi connectivity index (χ1v) is 10.5. The van der Waals surface area contributed by atoms with E-state index in [1.165, 1.54) is 48.5 Å². The fourth-order valence-corrected chi connectivity index (χ4v) is 3.74. The van der Waals surface area contributed by atoms with E-state index in [1.54, 1.807) is 0 Å². The number of anilines is 3. The lowest BCUT2D eigenvalue weighted by molar-refractivity contribution is -0.384. The van der Waals surface area contributed by atoms with E-state index in [2.05, 4.69) is 15.4 Å². The summed E-state index contributed by atoms with van der Waals surface area (Å²) in [4.78, 5) is 21.6. The molecule has 9 nitrogen and oxygen atoms in total. The summed E-state index contributed by atoms with van der Waals surface area (Å²) in [7, 11) is -4.28. The number of nitrogens with one attached hydrogen (secondary N) is 3. The van der Waals surface area contributed by atoms with Gasteiger partial charge in [0.1, 0.15) is 0 Å². The van der Waals surface area contributed by atoms with E-state index < -0.39 is 37.6 Å². The van der Waals surface area contributed by atoms with Crippen LogP contribution in [0.3, 0.4) is 0 Å². The predicted molar refractivity (Wildman–Crippen MR) is 114 cm³/mol. The van der Waals surface area contributed by atoms with Crippen molar-refractivity contribution >= 4 is 38.8 Å². The first-order chi connectivity index (χ1) is 15.4. The number of carbonyl (C=O) groups excluding carboxylic acids is 1. The Bertz CT molecular complexity index is 1280. The van der Waals surface area contributed by atoms with Crippen LogP contribution in [-0.2, 0) is 16.2 Å². The number of nitrogens with zero attached hydrogens (tertiary/aromatic N) is 1. The molecule has 0 aliphatic carbocycles. The highest BCUT2D eigenvalue weighted by Gasteiger charge is 2.31. The number of alkyl halides is 3. The number of nitro benzene ring substituents is 1. The Labute approximate surface area is 185 Å². The molecule has 0 aromatic heterocycles. The smallest absolute Gasteiger partial charge is 0.308 e. The van der Waals surface area contributed by atoms with Crippen LogP contribution in [0, 0.1) is 10.1 Å². The minimum Gasteiger partial charge on any atom is -0.308 e. The maximum atomic E-state index is 12.8. The first kappa shape index (κ1) is 23.5. The lowest BCUT2D eigenvalue weighted by Gasteiger charge is -2.12. The van der Waals surface area contributed by atoms with Crippen LogP contribution in [0.4, 0.5) is 40.7 Å². The lowest BCUT2D eigenvalue weighted by Crippen LogP contribution is -2.19. The second-order valence-corrected chi connectivity index (χ2v) is 8.27. The lowest BCUT2D eigenvalue weighted by atomic mass is 10.2. The number of hydrogen-bond donors (Lipinski definition) is 3. The molecule has 0 radical (unpaired) electrons. The Morgan fingerprint density at radius 1 is 0.848 bits per heavy atom. The number of halogens is 3. The van der Waals surface area contributed by atoms with Gasteiger partial charge in [-0.15, -0.1) is 0 Å². The van der Waals surface area contributed by atoms with Crippen molar-refractivity contribution in [3.63, 3.8) is 0 Å². The fourth-order valence-electron chi connectivity index (χ4n) is 2.64. The van der Waals surface area contributed by atoms with Crippen molar-refractivity contribution in [2.24, 2.45) is 0 Å². The van der Waals surface area contributed by atoms with E-state index >= 15 is 0 Å². The van der Waals surface area contributed by atoms with Crippen LogP contribution in [0.15, 0.2) is 77.7 Å². The van der Waals surface area contributed by atoms with Crippen LogP contribution in [0.1, 0.15) is 5.56 Å². The normalized spacial score (nSPS) is 11.5. The van der Waals surface area contributed by atoms with Gasteiger partial charge >= 0.3 is 12.2 Å². The Morgan fingerprint density at radius 3 is 1.88 bits per heavy atom. The topological polar surface area (TPSA) is 130 Å². The van der Waals surface area contributed by atoms with Gasteiger partial charge in [-0.3, -0.25) is 14.8 Å². The molecule has 0 aliphatic heterocycles. The molecule has 33 heavy (non-hydrogen) atoms. The number of benzene rings is 3. The molecule has 0 aliphatic rings. The molecule has 0 saturated heterocycles. The molecule has 0 fully saturated rings. The van der Waals surface area contributed by atoms with E-state index in [-0.39, 0.29) is 17.1 Å². The number of non-ortho nitro benzene ring substituents is 1. The second kappa shape index (κ2) is 9.16. The SMILES string of the molecule is O=C(Nc1ccc(NS(=O)(=O)c2cccc(C(F)(F)F)c2)cc1)Nc1ccc([N+](=O)[O-])cc1. The van der Waals surface area contributed by atoms with Crippen LogP contribution in [0.25, 0.3) is 0 Å². The Hall–Kier alpha value is -4.13. The van der Waals surface area contributed by atoms with Gasteiger partial charge in [-0.1, -0.05) is 6.07 Å². The first-order valence-electron chi connectivity index (χ1n) is 9.07. The van der Waals surface area contributed by atoms with Crippen molar-refractivity contribution < 1.29 is 31.3 Å². The third-order valence-corrected chi connectivity index (χ3v) is 5.58. The van der Waals surface area contributed by atoms with E-state index in [0.29, 0.717) is 11.8 Å². The maximum absolute atomic E-state index is 12.8. The van der Waals surface area contributed by atoms with Crippen LogP contribution in [0.5, 0.6) is 0 Å². The number of urea groups is 1. The van der Waals surface area contributed by atoms with E-state index in [4.69, 9.17) is 0 Å². The summed E-state index contributed by atoms with van der Waals surface area (Å²) in [5, 5.41) is 15.6. The molecule has 0 spiro atoms. The number of amides is 2. The Balaban J connectivity index is 1.64. The molecule has 172 valence electrons. The highest BCUT2D eigenvalue weighted by Crippen LogP contribution is 2.31. The number of carbonyl (C=O) groups is 1. The standard InChI is InChI=1S/C20H15F3N4O5S/c21-20(22,23)13-2-1-3-18(12-13)33(31,32)26-16-6-4-14(5-7-16)24-19(28)25-15-8-10-17(11-9-15)27(29)30/h1-12,26H,(H2,24,25,28). The van der Waals surface area contributed by atoms with Gasteiger partial charge in [0, 0.05) is 29.2 Å². The monoisotopic (exact) mass is 480 g/mol. The number of nitro groups is 1. The average Bonchev–Trinajstić information content (AvgIpc) is 2.75. The highest BCUT2D eigenvalue weighted by atomic mass is 32.2. The highest BCUT2D eigenvalue weighted by molar-refractivity contribution is 7.92. The van der Waals surface area contributed by atoms with Gasteiger partial charge in [0.15, 0.2) is 0 Å². The zero-order chi connectivity index (χ0) is 24.2. The minimum absolute atomic E-state index is 0.0636. The third kappa shape index (κ3) is 6.20. The number of rotatable bonds is 6. The van der Waals surface area contributed by atoms with Gasteiger partial charge in [-0.05, 0) is 54.6 Å². The zero-order valence-electron chi connectivity index (χ0n) is 16.5. The minimum atomic E-state index is -4.69. The summed E-state index contributed by atoms with van der Waals surface area (Å²) in [6.45, 7) is 0. The maximum Gasteiger partial charge on any atom is 0.416 e. The molecule has 13 heteroatoms. The zero-order valence-corrected chi connectivity index (χ0v) is 17.3. The molecule has 2 amide bonds. The molecule has 0 unspecified atom stereocenters. The molecule has 0 atom stereocenters. The molecule has 3 rings (SSSR count). The summed E-state index contributed by atoms with van der Waals surface area (Å²) in [5.41, 5.74) is -0.568. The largest absolute Gasteiger partial charge is 0.416 e. The molecule has 0 saturated carbocycles. The summed E-state index contributed by atoms with van der Waals surface area (Å²) in [6, 6.07) is 13.2. The van der Waals surface area contributed by atoms with Gasteiger partial charge in [0.05, 0.1) is 15.4 Å².